The number of rotatable bonds is 7. The van der Waals surface area contributed by atoms with E-state index in [1.54, 1.807) is 0 Å². The third-order valence-corrected chi connectivity index (χ3v) is 3.42. The van der Waals surface area contributed by atoms with Crippen molar-refractivity contribution in [3.05, 3.63) is 63.5 Å². The first-order chi connectivity index (χ1) is 13.3. The number of amides is 2. The van der Waals surface area contributed by atoms with Gasteiger partial charge in [0.25, 0.3) is 11.8 Å². The van der Waals surface area contributed by atoms with E-state index in [9.17, 15) is 29.2 Å². The monoisotopic (exact) mass is 390 g/mol. The van der Waals surface area contributed by atoms with Gasteiger partial charge in [-0.15, -0.1) is 0 Å². The second-order valence-electron chi connectivity index (χ2n) is 5.30. The Morgan fingerprint density at radius 2 is 2.11 bits per heavy atom. The number of nitro groups is 1. The molecule has 0 spiro atoms. The molecule has 2 amide bonds. The zero-order valence-corrected chi connectivity index (χ0v) is 14.5. The summed E-state index contributed by atoms with van der Waals surface area (Å²) in [5, 5.41) is 26.6. The molecular weight excluding hydrogens is 375 g/mol. The summed E-state index contributed by atoms with van der Waals surface area (Å²) in [4.78, 5) is 33.9. The van der Waals surface area contributed by atoms with Gasteiger partial charge < -0.3 is 15.2 Å². The molecule has 10 nitrogen and oxygen atoms in total. The number of carbonyl (C=O) groups is 2. The number of methoxy groups -OCH3 is 1. The van der Waals surface area contributed by atoms with Crippen molar-refractivity contribution in [3.8, 4) is 11.5 Å². The summed E-state index contributed by atoms with van der Waals surface area (Å²) < 4.78 is 17.9. The molecule has 0 aliphatic rings. The average molecular weight is 390 g/mol. The number of carbonyl (C=O) groups excluding carboxylic acids is 2. The zero-order chi connectivity index (χ0) is 20.7. The Morgan fingerprint density at radius 3 is 2.75 bits per heavy atom. The first-order valence-corrected chi connectivity index (χ1v) is 7.73. The molecule has 0 aliphatic heterocycles. The number of nitro benzene ring substituents is 1. The molecule has 2 aromatic carbocycles. The van der Waals surface area contributed by atoms with Crippen LogP contribution in [0.3, 0.4) is 0 Å². The largest absolute Gasteiger partial charge is 0.504 e. The molecule has 0 bridgehead atoms. The summed E-state index contributed by atoms with van der Waals surface area (Å²) in [5.41, 5.74) is 1.58. The molecule has 0 unspecified atom stereocenters. The van der Waals surface area contributed by atoms with Gasteiger partial charge in [-0.25, -0.2) is 9.82 Å². The molecule has 2 aromatic rings. The molecule has 0 aromatic heterocycles. The van der Waals surface area contributed by atoms with Gasteiger partial charge in [-0.1, -0.05) is 6.07 Å². The second-order valence-corrected chi connectivity index (χ2v) is 5.30. The minimum absolute atomic E-state index is 0.0243. The topological polar surface area (TPSA) is 143 Å². The Balaban J connectivity index is 1.98. The lowest BCUT2D eigenvalue weighted by Crippen LogP contribution is -2.34. The summed E-state index contributed by atoms with van der Waals surface area (Å²) >= 11 is 0. The fourth-order valence-electron chi connectivity index (χ4n) is 2.18. The summed E-state index contributed by atoms with van der Waals surface area (Å²) in [6.07, 6.45) is 0.992. The minimum atomic E-state index is -0.763. The second kappa shape index (κ2) is 9.07. The Hall–Kier alpha value is -4.02. The van der Waals surface area contributed by atoms with Crippen molar-refractivity contribution >= 4 is 23.7 Å². The van der Waals surface area contributed by atoms with Crippen LogP contribution in [0, 0.1) is 15.9 Å². The first-order valence-electron chi connectivity index (χ1n) is 7.73. The number of hydrogen-bond acceptors (Lipinski definition) is 7. The predicted molar refractivity (Wildman–Crippen MR) is 95.8 cm³/mol. The number of nitrogens with one attached hydrogen (secondary N) is 2. The summed E-state index contributed by atoms with van der Waals surface area (Å²) in [7, 11) is 1.16. The first kappa shape index (κ1) is 20.3. The van der Waals surface area contributed by atoms with Crippen LogP contribution in [0.1, 0.15) is 15.9 Å². The summed E-state index contributed by atoms with van der Waals surface area (Å²) in [6.45, 7) is -0.451. The normalized spacial score (nSPS) is 10.5. The van der Waals surface area contributed by atoms with Crippen molar-refractivity contribution in [2.75, 3.05) is 13.7 Å². The average Bonchev–Trinajstić information content (AvgIpc) is 2.66. The molecule has 0 saturated carbocycles. The van der Waals surface area contributed by atoms with Crippen LogP contribution in [0.15, 0.2) is 41.5 Å². The molecule has 2 rings (SSSR count). The Labute approximate surface area is 157 Å². The van der Waals surface area contributed by atoms with Crippen molar-refractivity contribution < 1.29 is 28.7 Å². The van der Waals surface area contributed by atoms with E-state index >= 15 is 0 Å². The molecule has 0 saturated heterocycles. The molecule has 28 heavy (non-hydrogen) atoms. The maximum Gasteiger partial charge on any atom is 0.323 e. The van der Waals surface area contributed by atoms with Gasteiger partial charge in [0.05, 0.1) is 30.4 Å². The van der Waals surface area contributed by atoms with Gasteiger partial charge in [0.1, 0.15) is 5.82 Å². The fourth-order valence-corrected chi connectivity index (χ4v) is 2.18. The van der Waals surface area contributed by atoms with E-state index in [0.29, 0.717) is 0 Å². The number of hydrazone groups is 1. The standard InChI is InChI=1S/C17H15FN4O6/c1-28-16-13(23)6-5-11(15(16)22(26)27)8-20-21-14(24)9-19-17(25)10-3-2-4-12(18)7-10/h2-8,23H,9H2,1H3,(H,19,25)(H,21,24). The van der Waals surface area contributed by atoms with E-state index in [1.807, 2.05) is 0 Å². The lowest BCUT2D eigenvalue weighted by atomic mass is 10.1. The highest BCUT2D eigenvalue weighted by atomic mass is 19.1. The van der Waals surface area contributed by atoms with Crippen LogP contribution in [0.2, 0.25) is 0 Å². The SMILES string of the molecule is COc1c(O)ccc(C=NNC(=O)CNC(=O)c2cccc(F)c2)c1[N+](=O)[O-]. The van der Waals surface area contributed by atoms with Crippen molar-refractivity contribution in [1.82, 2.24) is 10.7 Å². The zero-order valence-electron chi connectivity index (χ0n) is 14.5. The third-order valence-electron chi connectivity index (χ3n) is 3.42. The van der Waals surface area contributed by atoms with Gasteiger partial charge in [-0.2, -0.15) is 5.10 Å². The number of phenols is 1. The van der Waals surface area contributed by atoms with Crippen molar-refractivity contribution in [2.45, 2.75) is 0 Å². The van der Waals surface area contributed by atoms with Gasteiger partial charge in [0, 0.05) is 5.56 Å². The summed E-state index contributed by atoms with van der Waals surface area (Å²) in [6, 6.07) is 7.32. The molecule has 0 fully saturated rings. The Kier molecular flexibility index (Phi) is 6.58. The number of nitrogens with zero attached hydrogens (tertiary/aromatic N) is 2. The van der Waals surface area contributed by atoms with Crippen LogP contribution in [0.4, 0.5) is 10.1 Å². The van der Waals surface area contributed by atoms with Crippen molar-refractivity contribution in [1.29, 1.82) is 0 Å². The third kappa shape index (κ3) is 5.00. The van der Waals surface area contributed by atoms with Crippen LogP contribution < -0.4 is 15.5 Å². The summed E-state index contributed by atoms with van der Waals surface area (Å²) in [5.74, 6) is -2.72. The van der Waals surface area contributed by atoms with E-state index in [0.717, 1.165) is 19.4 Å². The van der Waals surface area contributed by atoms with Crippen molar-refractivity contribution in [2.24, 2.45) is 5.10 Å². The molecule has 0 heterocycles. The molecule has 11 heteroatoms. The number of hydrogen-bond donors (Lipinski definition) is 3. The Bertz CT molecular complexity index is 947. The van der Waals surface area contributed by atoms with Crippen LogP contribution in [0.25, 0.3) is 0 Å². The van der Waals surface area contributed by atoms with Gasteiger partial charge in [0.15, 0.2) is 5.75 Å². The van der Waals surface area contributed by atoms with E-state index in [-0.39, 0.29) is 16.9 Å². The van der Waals surface area contributed by atoms with E-state index in [4.69, 9.17) is 4.74 Å². The number of halogens is 1. The van der Waals surface area contributed by atoms with Crippen LogP contribution in [-0.2, 0) is 4.79 Å². The lowest BCUT2D eigenvalue weighted by Gasteiger charge is -2.06. The maximum absolute atomic E-state index is 13.1. The number of phenolic OH excluding ortho intramolecular Hbond substituents is 1. The highest BCUT2D eigenvalue weighted by molar-refractivity contribution is 5.96. The number of aromatic hydroxyl groups is 1. The van der Waals surface area contributed by atoms with Gasteiger partial charge in [0.2, 0.25) is 5.75 Å². The smallest absolute Gasteiger partial charge is 0.323 e. The molecular formula is C17H15FN4O6. The van der Waals surface area contributed by atoms with E-state index < -0.39 is 40.5 Å². The number of ether oxygens (including phenoxy) is 1. The molecule has 3 N–H and O–H groups in total. The molecule has 0 radical (unpaired) electrons. The predicted octanol–water partition coefficient (Wildman–Crippen LogP) is 1.33. The fraction of sp³-hybridized carbons (Fsp3) is 0.118. The van der Waals surface area contributed by atoms with E-state index in [1.165, 1.54) is 30.3 Å². The van der Waals surface area contributed by atoms with Gasteiger partial charge in [-0.3, -0.25) is 19.7 Å². The highest BCUT2D eigenvalue weighted by Crippen LogP contribution is 2.37. The van der Waals surface area contributed by atoms with Gasteiger partial charge >= 0.3 is 5.69 Å². The molecule has 146 valence electrons. The molecule has 0 atom stereocenters. The quantitative estimate of drug-likeness (QED) is 0.370. The lowest BCUT2D eigenvalue weighted by molar-refractivity contribution is -0.386. The van der Waals surface area contributed by atoms with Crippen LogP contribution in [-0.4, -0.2) is 41.7 Å². The maximum atomic E-state index is 13.1. The van der Waals surface area contributed by atoms with Crippen LogP contribution >= 0.6 is 0 Å². The number of benzene rings is 2. The van der Waals surface area contributed by atoms with Crippen molar-refractivity contribution in [3.63, 3.8) is 0 Å². The Morgan fingerprint density at radius 1 is 1.36 bits per heavy atom. The van der Waals surface area contributed by atoms with E-state index in [2.05, 4.69) is 15.8 Å². The molecule has 0 aliphatic carbocycles. The minimum Gasteiger partial charge on any atom is -0.504 e. The van der Waals surface area contributed by atoms with Gasteiger partial charge in [-0.05, 0) is 30.3 Å². The highest BCUT2D eigenvalue weighted by Gasteiger charge is 2.23. The van der Waals surface area contributed by atoms with Crippen LogP contribution in [0.5, 0.6) is 11.5 Å².